The van der Waals surface area contributed by atoms with Gasteiger partial charge in [-0.25, -0.2) is 0 Å². The van der Waals surface area contributed by atoms with E-state index in [-0.39, 0.29) is 23.0 Å². The Kier molecular flexibility index (Phi) is 5.50. The number of nitrogens with one attached hydrogen (secondary N) is 3. The van der Waals surface area contributed by atoms with E-state index in [1.807, 2.05) is 12.1 Å². The molecule has 0 spiro atoms. The largest absolute Gasteiger partial charge is 0.357 e. The van der Waals surface area contributed by atoms with Gasteiger partial charge in [-0.3, -0.25) is 20.4 Å². The average Bonchev–Trinajstić information content (AvgIpc) is 3.04. The van der Waals surface area contributed by atoms with Gasteiger partial charge in [0.25, 0.3) is 5.91 Å². The highest BCUT2D eigenvalue weighted by atomic mass is 32.2. The van der Waals surface area contributed by atoms with Crippen LogP contribution in [0, 0.1) is 0 Å². The van der Waals surface area contributed by atoms with Crippen LogP contribution in [0.2, 0.25) is 0 Å². The van der Waals surface area contributed by atoms with Gasteiger partial charge in [0, 0.05) is 11.1 Å². The first kappa shape index (κ1) is 17.1. The molecule has 2 amide bonds. The zero-order chi connectivity index (χ0) is 16.9. The minimum Gasteiger partial charge on any atom is -0.357 e. The first-order chi connectivity index (χ1) is 10.9. The van der Waals surface area contributed by atoms with E-state index in [0.29, 0.717) is 5.69 Å². The Bertz CT molecular complexity index is 658. The summed E-state index contributed by atoms with van der Waals surface area (Å²) in [7, 11) is 0. The maximum Gasteiger partial charge on any atom is 0.286 e. The Morgan fingerprint density at radius 2 is 1.78 bits per heavy atom. The number of thioether (sulfide) groups is 1. The summed E-state index contributed by atoms with van der Waals surface area (Å²) in [5, 5.41) is 0. The van der Waals surface area contributed by atoms with Crippen molar-refractivity contribution in [2.24, 2.45) is 0 Å². The zero-order valence-corrected chi connectivity index (χ0v) is 14.3. The van der Waals surface area contributed by atoms with E-state index in [0.717, 1.165) is 4.90 Å². The van der Waals surface area contributed by atoms with Crippen LogP contribution in [0.15, 0.2) is 47.5 Å². The molecule has 23 heavy (non-hydrogen) atoms. The van der Waals surface area contributed by atoms with Crippen LogP contribution in [-0.4, -0.2) is 22.6 Å². The molecule has 0 aliphatic rings. The standard InChI is InChI=1S/C17H21N3O2S/c1-17(2,3)12-6-8-13(9-7-12)23-11-15(21)19-20-16(22)14-5-4-10-18-14/h4-10,18H,11H2,1-3H3,(H,19,21)(H,20,22). The number of aromatic amines is 1. The third-order valence-electron chi connectivity index (χ3n) is 3.25. The van der Waals surface area contributed by atoms with Crippen molar-refractivity contribution >= 4 is 23.6 Å². The maximum absolute atomic E-state index is 11.8. The summed E-state index contributed by atoms with van der Waals surface area (Å²) in [6.07, 6.45) is 1.65. The Morgan fingerprint density at radius 1 is 1.09 bits per heavy atom. The van der Waals surface area contributed by atoms with Gasteiger partial charge in [0.2, 0.25) is 5.91 Å². The van der Waals surface area contributed by atoms with Crippen molar-refractivity contribution in [2.45, 2.75) is 31.1 Å². The lowest BCUT2D eigenvalue weighted by atomic mass is 9.87. The van der Waals surface area contributed by atoms with Gasteiger partial charge in [-0.05, 0) is 35.2 Å². The predicted octanol–water partition coefficient (Wildman–Crippen LogP) is 2.87. The van der Waals surface area contributed by atoms with Crippen molar-refractivity contribution in [3.8, 4) is 0 Å². The topological polar surface area (TPSA) is 74.0 Å². The molecular weight excluding hydrogens is 310 g/mol. The normalized spacial score (nSPS) is 11.1. The number of amides is 2. The first-order valence-electron chi connectivity index (χ1n) is 7.32. The lowest BCUT2D eigenvalue weighted by Gasteiger charge is -2.19. The minimum absolute atomic E-state index is 0.114. The number of carbonyl (C=O) groups is 2. The van der Waals surface area contributed by atoms with Crippen LogP contribution in [0.5, 0.6) is 0 Å². The van der Waals surface area contributed by atoms with Gasteiger partial charge in [0.05, 0.1) is 5.75 Å². The second-order valence-electron chi connectivity index (χ2n) is 6.15. The van der Waals surface area contributed by atoms with Crippen LogP contribution >= 0.6 is 11.8 Å². The summed E-state index contributed by atoms with van der Waals surface area (Å²) in [5.41, 5.74) is 6.53. The van der Waals surface area contributed by atoms with Gasteiger partial charge in [-0.15, -0.1) is 11.8 Å². The second-order valence-corrected chi connectivity index (χ2v) is 7.20. The number of benzene rings is 1. The van der Waals surface area contributed by atoms with Gasteiger partial charge < -0.3 is 4.98 Å². The van der Waals surface area contributed by atoms with Gasteiger partial charge >= 0.3 is 0 Å². The lowest BCUT2D eigenvalue weighted by molar-refractivity contribution is -0.119. The van der Waals surface area contributed by atoms with E-state index in [9.17, 15) is 9.59 Å². The van der Waals surface area contributed by atoms with E-state index in [1.54, 1.807) is 18.3 Å². The van der Waals surface area contributed by atoms with Crippen molar-refractivity contribution in [2.75, 3.05) is 5.75 Å². The van der Waals surface area contributed by atoms with Gasteiger partial charge in [-0.2, -0.15) is 0 Å². The molecule has 0 bridgehead atoms. The van der Waals surface area contributed by atoms with Crippen LogP contribution < -0.4 is 10.9 Å². The molecular formula is C17H21N3O2S. The third kappa shape index (κ3) is 5.17. The van der Waals surface area contributed by atoms with E-state index >= 15 is 0 Å². The molecule has 0 aliphatic carbocycles. The molecule has 122 valence electrons. The van der Waals surface area contributed by atoms with Crippen molar-refractivity contribution < 1.29 is 9.59 Å². The number of aromatic nitrogens is 1. The minimum atomic E-state index is -0.372. The number of hydrogen-bond acceptors (Lipinski definition) is 3. The van der Waals surface area contributed by atoms with Gasteiger partial charge in [-0.1, -0.05) is 32.9 Å². The molecule has 0 radical (unpaired) electrons. The Labute approximate surface area is 140 Å². The summed E-state index contributed by atoms with van der Waals surface area (Å²) in [5.74, 6) is -0.391. The van der Waals surface area contributed by atoms with Crippen molar-refractivity contribution in [3.63, 3.8) is 0 Å². The fourth-order valence-corrected chi connectivity index (χ4v) is 2.60. The van der Waals surface area contributed by atoms with Gasteiger partial charge in [0.1, 0.15) is 5.69 Å². The lowest BCUT2D eigenvalue weighted by Crippen LogP contribution is -2.42. The molecule has 2 rings (SSSR count). The molecule has 1 heterocycles. The summed E-state index contributed by atoms with van der Waals surface area (Å²) in [6.45, 7) is 6.49. The van der Waals surface area contributed by atoms with E-state index in [2.05, 4.69) is 48.7 Å². The molecule has 0 atom stereocenters. The van der Waals surface area contributed by atoms with Crippen LogP contribution in [0.3, 0.4) is 0 Å². The number of H-pyrrole nitrogens is 1. The molecule has 1 aromatic heterocycles. The third-order valence-corrected chi connectivity index (χ3v) is 4.26. The van der Waals surface area contributed by atoms with Crippen LogP contribution in [0.25, 0.3) is 0 Å². The molecule has 0 fully saturated rings. The number of carbonyl (C=O) groups excluding carboxylic acids is 2. The summed E-state index contributed by atoms with van der Waals surface area (Å²) in [6, 6.07) is 11.5. The fourth-order valence-electron chi connectivity index (χ4n) is 1.90. The number of hydrogen-bond donors (Lipinski definition) is 3. The molecule has 2 aromatic rings. The van der Waals surface area contributed by atoms with E-state index in [1.165, 1.54) is 17.3 Å². The molecule has 6 heteroatoms. The van der Waals surface area contributed by atoms with Gasteiger partial charge in [0.15, 0.2) is 0 Å². The second kappa shape index (κ2) is 7.37. The quantitative estimate of drug-likeness (QED) is 0.596. The number of rotatable bonds is 4. The molecule has 0 aliphatic heterocycles. The number of hydrazine groups is 1. The van der Waals surface area contributed by atoms with E-state index < -0.39 is 0 Å². The molecule has 0 unspecified atom stereocenters. The van der Waals surface area contributed by atoms with E-state index in [4.69, 9.17) is 0 Å². The molecule has 1 aromatic carbocycles. The van der Waals surface area contributed by atoms with Crippen molar-refractivity contribution in [1.29, 1.82) is 0 Å². The average molecular weight is 331 g/mol. The van der Waals surface area contributed by atoms with Crippen molar-refractivity contribution in [3.05, 3.63) is 53.9 Å². The first-order valence-corrected chi connectivity index (χ1v) is 8.31. The molecule has 0 saturated carbocycles. The smallest absolute Gasteiger partial charge is 0.286 e. The molecule has 3 N–H and O–H groups in total. The monoisotopic (exact) mass is 331 g/mol. The van der Waals surface area contributed by atoms with Crippen molar-refractivity contribution in [1.82, 2.24) is 15.8 Å². The molecule has 0 saturated heterocycles. The predicted molar refractivity (Wildman–Crippen MR) is 92.3 cm³/mol. The molecule has 5 nitrogen and oxygen atoms in total. The Morgan fingerprint density at radius 3 is 2.35 bits per heavy atom. The maximum atomic E-state index is 11.8. The summed E-state index contributed by atoms with van der Waals surface area (Å²) < 4.78 is 0. The van der Waals surface area contributed by atoms with Crippen LogP contribution in [-0.2, 0) is 10.2 Å². The van der Waals surface area contributed by atoms with Crippen LogP contribution in [0.1, 0.15) is 36.8 Å². The highest BCUT2D eigenvalue weighted by molar-refractivity contribution is 8.00. The van der Waals surface area contributed by atoms with Crippen LogP contribution in [0.4, 0.5) is 0 Å². The summed E-state index contributed by atoms with van der Waals surface area (Å²) in [4.78, 5) is 27.2. The SMILES string of the molecule is CC(C)(C)c1ccc(SCC(=O)NNC(=O)c2ccc[nH]2)cc1. The highest BCUT2D eigenvalue weighted by Gasteiger charge is 2.13. The Balaban J connectivity index is 1.77. The summed E-state index contributed by atoms with van der Waals surface area (Å²) >= 11 is 1.43. The highest BCUT2D eigenvalue weighted by Crippen LogP contribution is 2.25. The fraction of sp³-hybridized carbons (Fsp3) is 0.294. The Hall–Kier alpha value is -2.21. The zero-order valence-electron chi connectivity index (χ0n) is 13.5.